The minimum absolute atomic E-state index is 0.0976. The molecule has 1 aliphatic carbocycles. The van der Waals surface area contributed by atoms with Crippen LogP contribution in [-0.4, -0.2) is 20.7 Å². The molecule has 5 heteroatoms. The molecule has 2 aromatic rings. The summed E-state index contributed by atoms with van der Waals surface area (Å²) in [7, 11) is 0. The van der Waals surface area contributed by atoms with Crippen LogP contribution in [0.5, 0.6) is 0 Å². The molecule has 0 atom stereocenters. The van der Waals surface area contributed by atoms with E-state index in [1.807, 2.05) is 38.2 Å². The quantitative estimate of drug-likeness (QED) is 0.944. The molecule has 0 radical (unpaired) electrons. The first kappa shape index (κ1) is 14.8. The van der Waals surface area contributed by atoms with Crippen LogP contribution in [0.15, 0.2) is 24.4 Å². The normalized spacial score (nSPS) is 15.7. The molecule has 1 N–H and O–H groups in total. The van der Waals surface area contributed by atoms with Gasteiger partial charge in [0.2, 0.25) is 5.91 Å². The largest absolute Gasteiger partial charge is 0.310 e. The minimum Gasteiger partial charge on any atom is -0.310 e. The Morgan fingerprint density at radius 3 is 2.64 bits per heavy atom. The summed E-state index contributed by atoms with van der Waals surface area (Å²) < 4.78 is 1.81. The number of pyridine rings is 1. The third kappa shape index (κ3) is 3.35. The molecule has 3 rings (SSSR count). The second kappa shape index (κ2) is 6.30. The van der Waals surface area contributed by atoms with E-state index in [2.05, 4.69) is 15.4 Å². The Morgan fingerprint density at radius 2 is 1.95 bits per heavy atom. The summed E-state index contributed by atoms with van der Waals surface area (Å²) in [6, 6.07) is 5.79. The molecule has 2 aromatic heterocycles. The standard InChI is InChI=1S/C17H22N4O/c1-12-8-9-21(20-12)15-10-13(2)18-16(11-15)19-17(22)14-6-4-3-5-7-14/h8-11,14H,3-7H2,1-2H3,(H,18,19,22). The lowest BCUT2D eigenvalue weighted by molar-refractivity contribution is -0.120. The molecule has 1 fully saturated rings. The topological polar surface area (TPSA) is 59.8 Å². The van der Waals surface area contributed by atoms with E-state index in [9.17, 15) is 4.79 Å². The Morgan fingerprint density at radius 1 is 1.18 bits per heavy atom. The molecule has 1 aliphatic rings. The number of carbonyl (C=O) groups excluding carboxylic acids is 1. The monoisotopic (exact) mass is 298 g/mol. The van der Waals surface area contributed by atoms with Gasteiger partial charge in [0.05, 0.1) is 11.4 Å². The molecular formula is C17H22N4O. The predicted molar refractivity (Wildman–Crippen MR) is 86.0 cm³/mol. The highest BCUT2D eigenvalue weighted by molar-refractivity contribution is 5.91. The van der Waals surface area contributed by atoms with Gasteiger partial charge in [-0.1, -0.05) is 19.3 Å². The van der Waals surface area contributed by atoms with E-state index < -0.39 is 0 Å². The first-order chi connectivity index (χ1) is 10.6. The average Bonchev–Trinajstić information content (AvgIpc) is 2.94. The molecule has 0 bridgehead atoms. The average molecular weight is 298 g/mol. The van der Waals surface area contributed by atoms with Gasteiger partial charge in [0, 0.05) is 23.9 Å². The lowest BCUT2D eigenvalue weighted by atomic mass is 9.89. The van der Waals surface area contributed by atoms with E-state index in [4.69, 9.17) is 0 Å². The van der Waals surface area contributed by atoms with Gasteiger partial charge in [-0.3, -0.25) is 4.79 Å². The Kier molecular flexibility index (Phi) is 4.22. The second-order valence-electron chi connectivity index (χ2n) is 6.08. The van der Waals surface area contributed by atoms with Gasteiger partial charge in [-0.15, -0.1) is 0 Å². The van der Waals surface area contributed by atoms with Crippen molar-refractivity contribution >= 4 is 11.7 Å². The van der Waals surface area contributed by atoms with Crippen molar-refractivity contribution < 1.29 is 4.79 Å². The first-order valence-electron chi connectivity index (χ1n) is 7.94. The van der Waals surface area contributed by atoms with Crippen molar-refractivity contribution in [3.8, 4) is 5.69 Å². The molecule has 1 saturated carbocycles. The molecule has 2 heterocycles. The number of hydrogen-bond acceptors (Lipinski definition) is 3. The number of carbonyl (C=O) groups is 1. The van der Waals surface area contributed by atoms with E-state index in [1.54, 1.807) is 4.68 Å². The molecule has 0 aromatic carbocycles. The molecule has 116 valence electrons. The van der Waals surface area contributed by atoms with Gasteiger partial charge >= 0.3 is 0 Å². The van der Waals surface area contributed by atoms with Crippen LogP contribution < -0.4 is 5.32 Å². The Labute approximate surface area is 130 Å². The third-order valence-corrected chi connectivity index (χ3v) is 4.15. The number of nitrogens with one attached hydrogen (secondary N) is 1. The van der Waals surface area contributed by atoms with Gasteiger partial charge in [0.25, 0.3) is 0 Å². The van der Waals surface area contributed by atoms with Gasteiger partial charge in [0.15, 0.2) is 0 Å². The zero-order valence-electron chi connectivity index (χ0n) is 13.2. The van der Waals surface area contributed by atoms with Crippen LogP contribution >= 0.6 is 0 Å². The van der Waals surface area contributed by atoms with Gasteiger partial charge in [-0.25, -0.2) is 9.67 Å². The maximum absolute atomic E-state index is 12.4. The van der Waals surface area contributed by atoms with Crippen molar-refractivity contribution in [2.24, 2.45) is 5.92 Å². The fourth-order valence-corrected chi connectivity index (χ4v) is 3.00. The zero-order chi connectivity index (χ0) is 15.5. The van der Waals surface area contributed by atoms with Gasteiger partial charge < -0.3 is 5.32 Å². The Hall–Kier alpha value is -2.17. The molecule has 5 nitrogen and oxygen atoms in total. The van der Waals surface area contributed by atoms with Crippen LogP contribution in [0.3, 0.4) is 0 Å². The molecular weight excluding hydrogens is 276 g/mol. The first-order valence-corrected chi connectivity index (χ1v) is 7.94. The Bertz CT molecular complexity index is 671. The molecule has 1 amide bonds. The van der Waals surface area contributed by atoms with E-state index in [1.165, 1.54) is 6.42 Å². The number of hydrogen-bond donors (Lipinski definition) is 1. The highest BCUT2D eigenvalue weighted by Gasteiger charge is 2.21. The van der Waals surface area contributed by atoms with Crippen molar-refractivity contribution in [2.45, 2.75) is 46.0 Å². The SMILES string of the molecule is Cc1cc(-n2ccc(C)n2)cc(NC(=O)C2CCCCC2)n1. The molecule has 0 unspecified atom stereocenters. The number of amides is 1. The lowest BCUT2D eigenvalue weighted by Crippen LogP contribution is -2.25. The maximum Gasteiger partial charge on any atom is 0.228 e. The second-order valence-corrected chi connectivity index (χ2v) is 6.08. The van der Waals surface area contributed by atoms with Crippen molar-refractivity contribution in [2.75, 3.05) is 5.32 Å². The number of aromatic nitrogens is 3. The van der Waals surface area contributed by atoms with Crippen LogP contribution in [0.2, 0.25) is 0 Å². The van der Waals surface area contributed by atoms with E-state index in [-0.39, 0.29) is 11.8 Å². The highest BCUT2D eigenvalue weighted by atomic mass is 16.1. The number of aryl methyl sites for hydroxylation is 2. The number of nitrogens with zero attached hydrogens (tertiary/aromatic N) is 3. The summed E-state index contributed by atoms with van der Waals surface area (Å²) in [5.41, 5.74) is 2.74. The van der Waals surface area contributed by atoms with Crippen molar-refractivity contribution in [1.29, 1.82) is 0 Å². The minimum atomic E-state index is 0.0976. The smallest absolute Gasteiger partial charge is 0.228 e. The molecule has 0 aliphatic heterocycles. The van der Waals surface area contributed by atoms with E-state index >= 15 is 0 Å². The highest BCUT2D eigenvalue weighted by Crippen LogP contribution is 2.25. The van der Waals surface area contributed by atoms with Crippen LogP contribution in [0.1, 0.15) is 43.5 Å². The summed E-state index contributed by atoms with van der Waals surface area (Å²) in [5.74, 6) is 0.839. The Balaban J connectivity index is 1.78. The molecule has 0 spiro atoms. The van der Waals surface area contributed by atoms with Crippen LogP contribution in [0, 0.1) is 19.8 Å². The fourth-order valence-electron chi connectivity index (χ4n) is 3.00. The van der Waals surface area contributed by atoms with Crippen LogP contribution in [0.25, 0.3) is 5.69 Å². The predicted octanol–water partition coefficient (Wildman–Crippen LogP) is 3.40. The van der Waals surface area contributed by atoms with E-state index in [0.29, 0.717) is 5.82 Å². The maximum atomic E-state index is 12.4. The summed E-state index contributed by atoms with van der Waals surface area (Å²) in [4.78, 5) is 16.8. The van der Waals surface area contributed by atoms with Crippen molar-refractivity contribution in [1.82, 2.24) is 14.8 Å². The lowest BCUT2D eigenvalue weighted by Gasteiger charge is -2.20. The van der Waals surface area contributed by atoms with Crippen molar-refractivity contribution in [3.63, 3.8) is 0 Å². The summed E-state index contributed by atoms with van der Waals surface area (Å²) in [6.45, 7) is 3.88. The van der Waals surface area contributed by atoms with Gasteiger partial charge in [-0.05, 0) is 38.8 Å². The third-order valence-electron chi connectivity index (χ3n) is 4.15. The van der Waals surface area contributed by atoms with Gasteiger partial charge in [-0.2, -0.15) is 5.10 Å². The summed E-state index contributed by atoms with van der Waals surface area (Å²) in [5, 5.41) is 7.39. The summed E-state index contributed by atoms with van der Waals surface area (Å²) in [6.07, 6.45) is 7.44. The van der Waals surface area contributed by atoms with Crippen LogP contribution in [0.4, 0.5) is 5.82 Å². The number of anilines is 1. The van der Waals surface area contributed by atoms with E-state index in [0.717, 1.165) is 42.8 Å². The molecule has 0 saturated heterocycles. The zero-order valence-corrected chi connectivity index (χ0v) is 13.2. The van der Waals surface area contributed by atoms with Gasteiger partial charge in [0.1, 0.15) is 5.82 Å². The fraction of sp³-hybridized carbons (Fsp3) is 0.471. The molecule has 22 heavy (non-hydrogen) atoms. The summed E-state index contributed by atoms with van der Waals surface area (Å²) >= 11 is 0. The van der Waals surface area contributed by atoms with Crippen molar-refractivity contribution in [3.05, 3.63) is 35.8 Å². The van der Waals surface area contributed by atoms with Crippen LogP contribution in [-0.2, 0) is 4.79 Å². The number of rotatable bonds is 3.